The number of aromatic nitrogens is 6. The molecule has 0 spiro atoms. The lowest BCUT2D eigenvalue weighted by Gasteiger charge is -2.19. The van der Waals surface area contributed by atoms with Gasteiger partial charge in [0, 0.05) is 63.7 Å². The fourth-order valence-electron chi connectivity index (χ4n) is 11.0. The van der Waals surface area contributed by atoms with Gasteiger partial charge in [-0.05, 0) is 190 Å². The number of aryl methyl sites for hydroxylation is 6. The number of hydrogen-bond donors (Lipinski definition) is 0. The van der Waals surface area contributed by atoms with E-state index in [9.17, 15) is 35.8 Å². The van der Waals surface area contributed by atoms with E-state index < -0.39 is 67.7 Å². The van der Waals surface area contributed by atoms with Gasteiger partial charge in [0.1, 0.15) is 46.9 Å². The maximum Gasteiger partial charge on any atom is 0.268 e. The van der Waals surface area contributed by atoms with Crippen molar-refractivity contribution in [1.29, 1.82) is 10.5 Å². The fourth-order valence-corrected chi connectivity index (χ4v) is 16.5. The number of imidazole rings is 2. The van der Waals surface area contributed by atoms with Crippen LogP contribution in [0.4, 0.5) is 0 Å². The Morgan fingerprint density at radius 2 is 0.896 bits per heavy atom. The first-order valence-electron chi connectivity index (χ1n) is 31.7. The monoisotopic (exact) mass is 1400 g/mol. The van der Waals surface area contributed by atoms with Crippen molar-refractivity contribution in [2.45, 2.75) is 167 Å². The summed E-state index contributed by atoms with van der Waals surface area (Å²) in [4.78, 5) is 10.4. The highest BCUT2D eigenvalue weighted by Gasteiger charge is 2.32. The number of hydrogen-bond acceptors (Lipinski definition) is 12. The maximum atomic E-state index is 14.0. The third-order valence-corrected chi connectivity index (χ3v) is 25.9. The highest BCUT2D eigenvalue weighted by atomic mass is 32.2. The standard InChI is InChI=1S/2C36H43N5O4S2Si/c1-24-10-13-28(14-11-24)47(43,44)41-17-16-29-32(25(2)20-26(3)34(29)41)33(39-46(42)36(4,5)6)35-38-30-21-27(22-37)12-15-31(30)40(35)23-45-18-19-48(7,8)9;1-24-10-13-28(14-11-24)47(43,44)41-17-16-29-32(25(2)20-26(3)34(29)41)33(39-46(42)36(4,5)6)35-38-30-15-12-27(22-37)21-31(30)40(35)23-45-18-19-48(7,8)9/h2*10-17,20-21H,18-19,23H2,1-9H3. The van der Waals surface area contributed by atoms with Crippen LogP contribution in [-0.4, -0.2) is 103 Å². The van der Waals surface area contributed by atoms with Crippen molar-refractivity contribution in [3.63, 3.8) is 0 Å². The van der Waals surface area contributed by atoms with E-state index in [4.69, 9.17) is 28.2 Å². The first-order valence-corrected chi connectivity index (χ1v) is 44.2. The van der Waals surface area contributed by atoms with Crippen LogP contribution in [0.3, 0.4) is 0 Å². The molecule has 0 saturated heterocycles. The number of rotatable bonds is 20. The third kappa shape index (κ3) is 15.6. The minimum absolute atomic E-state index is 0.142. The highest BCUT2D eigenvalue weighted by Crippen LogP contribution is 2.37. The zero-order chi connectivity index (χ0) is 70.4. The van der Waals surface area contributed by atoms with Crippen LogP contribution < -0.4 is 0 Å². The van der Waals surface area contributed by atoms with E-state index in [-0.39, 0.29) is 23.3 Å². The van der Waals surface area contributed by atoms with Crippen molar-refractivity contribution in [3.05, 3.63) is 189 Å². The summed E-state index contributed by atoms with van der Waals surface area (Å²) < 4.78 is 111. The molecule has 18 nitrogen and oxygen atoms in total. The summed E-state index contributed by atoms with van der Waals surface area (Å²) in [6.45, 7) is 37.8. The van der Waals surface area contributed by atoms with Crippen LogP contribution in [0.5, 0.6) is 0 Å². The van der Waals surface area contributed by atoms with Gasteiger partial charge < -0.3 is 9.47 Å². The molecule has 0 aliphatic rings. The first-order chi connectivity index (χ1) is 44.8. The van der Waals surface area contributed by atoms with Crippen LogP contribution in [-0.2, 0) is 65.0 Å². The van der Waals surface area contributed by atoms with Crippen molar-refractivity contribution in [3.8, 4) is 12.1 Å². The van der Waals surface area contributed by atoms with E-state index >= 15 is 0 Å². The largest absolute Gasteiger partial charge is 0.361 e. The summed E-state index contributed by atoms with van der Waals surface area (Å²) in [5, 5.41) is 20.6. The molecular formula is C72H86N10O8S4Si2. The molecule has 2 atom stereocenters. The lowest BCUT2D eigenvalue weighted by molar-refractivity contribution is 0.0894. The quantitative estimate of drug-likeness (QED) is 0.0393. The van der Waals surface area contributed by atoms with E-state index in [1.54, 1.807) is 103 Å². The van der Waals surface area contributed by atoms with Gasteiger partial charge in [0.15, 0.2) is 11.6 Å². The smallest absolute Gasteiger partial charge is 0.268 e. The molecule has 4 aromatic heterocycles. The Balaban J connectivity index is 0.000000225. The van der Waals surface area contributed by atoms with Crippen molar-refractivity contribution < 1.29 is 34.7 Å². The lowest BCUT2D eigenvalue weighted by Crippen LogP contribution is -2.24. The zero-order valence-electron chi connectivity index (χ0n) is 58.2. The van der Waals surface area contributed by atoms with Crippen LogP contribution in [0.2, 0.25) is 51.4 Å². The number of nitriles is 2. The zero-order valence-corrected chi connectivity index (χ0v) is 63.4. The summed E-state index contributed by atoms with van der Waals surface area (Å²) in [5.41, 5.74) is 11.7. The van der Waals surface area contributed by atoms with E-state index in [2.05, 4.69) is 51.4 Å². The third-order valence-electron chi connectivity index (χ3n) is 16.3. The first kappa shape index (κ1) is 72.5. The predicted octanol–water partition coefficient (Wildman–Crippen LogP) is 15.3. The topological polar surface area (TPSA) is 239 Å². The maximum absolute atomic E-state index is 14.0. The molecule has 0 fully saturated rings. The van der Waals surface area contributed by atoms with Gasteiger partial charge in [-0.1, -0.05) is 86.8 Å². The SMILES string of the molecule is Cc1ccc(S(=O)(=O)n2ccc3c(C(=NS(=O)C(C)(C)C)c4nc5cc(C#N)ccc5n4COCC[Si](C)(C)C)c(C)cc(C)c32)cc1.Cc1ccc(S(=O)(=O)n2ccc3c(C(=NS(=O)C(C)(C)C)c4nc5ccc(C#N)cc5n4COCC[Si](C)(C)C)c(C)cc(C)c32)cc1. The van der Waals surface area contributed by atoms with Gasteiger partial charge in [0.2, 0.25) is 0 Å². The molecule has 6 aromatic carbocycles. The Morgan fingerprint density at radius 3 is 1.29 bits per heavy atom. The molecule has 24 heteroatoms. The molecular weight excluding hydrogens is 1320 g/mol. The van der Waals surface area contributed by atoms with E-state index in [0.29, 0.717) is 96.9 Å². The fraction of sp³-hybridized carbons (Fsp3) is 0.361. The second-order valence-corrected chi connectivity index (χ2v) is 47.5. The molecule has 0 bridgehead atoms. The summed E-state index contributed by atoms with van der Waals surface area (Å²) in [7, 11) is -14.0. The number of benzene rings is 6. The molecule has 0 aliphatic heterocycles. The normalized spacial score (nSPS) is 13.7. The average molecular weight is 1400 g/mol. The van der Waals surface area contributed by atoms with Gasteiger partial charge in [0.05, 0.1) is 75.7 Å². The van der Waals surface area contributed by atoms with Crippen LogP contribution in [0.1, 0.15) is 109 Å². The second-order valence-electron chi connectivity index (χ2n) is 28.8. The highest BCUT2D eigenvalue weighted by molar-refractivity contribution is 7.90. The minimum Gasteiger partial charge on any atom is -0.361 e. The molecule has 4 heterocycles. The molecule has 2 unspecified atom stereocenters. The molecule has 0 saturated carbocycles. The van der Waals surface area contributed by atoms with Gasteiger partial charge in [-0.25, -0.2) is 43.2 Å². The van der Waals surface area contributed by atoms with Gasteiger partial charge in [-0.3, -0.25) is 9.13 Å². The Bertz CT molecular complexity index is 4900. The minimum atomic E-state index is -3.94. The molecule has 10 aromatic rings. The molecule has 96 heavy (non-hydrogen) atoms. The van der Waals surface area contributed by atoms with Crippen LogP contribution in [0, 0.1) is 64.2 Å². The molecule has 0 N–H and O–H groups in total. The summed E-state index contributed by atoms with van der Waals surface area (Å²) >= 11 is 0. The van der Waals surface area contributed by atoms with Gasteiger partial charge in [0.25, 0.3) is 20.0 Å². The number of nitrogens with zero attached hydrogens (tertiary/aromatic N) is 10. The molecule has 504 valence electrons. The van der Waals surface area contributed by atoms with Crippen LogP contribution in [0.25, 0.3) is 43.9 Å². The Labute approximate surface area is 572 Å². The Hall–Kier alpha value is -7.79. The van der Waals surface area contributed by atoms with E-state index in [0.717, 1.165) is 51.0 Å². The van der Waals surface area contributed by atoms with Crippen molar-refractivity contribution in [1.82, 2.24) is 27.0 Å². The van der Waals surface area contributed by atoms with Gasteiger partial charge >= 0.3 is 0 Å². The van der Waals surface area contributed by atoms with Gasteiger partial charge in [-0.15, -0.1) is 0 Å². The molecule has 10 rings (SSSR count). The average Bonchev–Trinajstić information content (AvgIpc) is 1.54. The van der Waals surface area contributed by atoms with Crippen LogP contribution >= 0.6 is 0 Å². The van der Waals surface area contributed by atoms with Crippen molar-refractivity contribution in [2.24, 2.45) is 8.80 Å². The van der Waals surface area contributed by atoms with Crippen LogP contribution in [0.15, 0.2) is 140 Å². The molecule has 0 radical (unpaired) electrons. The van der Waals surface area contributed by atoms with E-state index in [1.165, 1.54) is 7.94 Å². The summed E-state index contributed by atoms with van der Waals surface area (Å²) in [6.07, 6.45) is 3.13. The van der Waals surface area contributed by atoms with Crippen molar-refractivity contribution in [2.75, 3.05) is 13.2 Å². The van der Waals surface area contributed by atoms with Gasteiger partial charge in [-0.2, -0.15) is 19.3 Å². The summed E-state index contributed by atoms with van der Waals surface area (Å²) in [5.74, 6) is 0.848. The molecule has 0 amide bonds. The number of fused-ring (bicyclic) bond motifs is 4. The van der Waals surface area contributed by atoms with E-state index in [1.807, 2.05) is 110 Å². The lowest BCUT2D eigenvalue weighted by atomic mass is 9.96. The number of ether oxygens (including phenoxy) is 2. The Morgan fingerprint density at radius 1 is 0.510 bits per heavy atom. The Kier molecular flexibility index (Phi) is 21.1. The second kappa shape index (κ2) is 28.0. The summed E-state index contributed by atoms with van der Waals surface area (Å²) in [6, 6.07) is 37.9. The predicted molar refractivity (Wildman–Crippen MR) is 395 cm³/mol. The molecule has 0 aliphatic carbocycles. The van der Waals surface area contributed by atoms with Crippen molar-refractivity contribution >= 4 is 113 Å².